The number of rotatable bonds is 6. The zero-order chi connectivity index (χ0) is 15.1. The molecule has 0 spiro atoms. The topological polar surface area (TPSA) is 20.3 Å². The second-order valence-electron chi connectivity index (χ2n) is 6.11. The number of halogens is 1. The number of likely N-dealkylation sites (tertiary alicyclic amines) is 1. The molecule has 0 radical (unpaired) electrons. The van der Waals surface area contributed by atoms with E-state index in [1.54, 1.807) is 0 Å². The van der Waals surface area contributed by atoms with E-state index >= 15 is 0 Å². The van der Waals surface area contributed by atoms with Crippen molar-refractivity contribution in [3.05, 3.63) is 34.3 Å². The maximum absolute atomic E-state index is 12.2. The predicted octanol–water partition coefficient (Wildman–Crippen LogP) is 4.92. The molecule has 1 saturated heterocycles. The summed E-state index contributed by atoms with van der Waals surface area (Å²) in [6.07, 6.45) is 7.26. The van der Waals surface area contributed by atoms with E-state index in [0.717, 1.165) is 35.6 Å². The molecule has 0 N–H and O–H groups in total. The van der Waals surface area contributed by atoms with E-state index in [0.29, 0.717) is 6.42 Å². The first-order valence-electron chi connectivity index (χ1n) is 8.20. The van der Waals surface area contributed by atoms with E-state index in [9.17, 15) is 4.79 Å². The van der Waals surface area contributed by atoms with Crippen molar-refractivity contribution in [2.24, 2.45) is 5.92 Å². The Morgan fingerprint density at radius 3 is 2.71 bits per heavy atom. The SMILES string of the molecule is CCCC1CCCN(CCC(=O)c2ccc(Br)cc2)CC1. The van der Waals surface area contributed by atoms with Gasteiger partial charge in [-0.05, 0) is 50.4 Å². The third kappa shape index (κ3) is 5.55. The van der Waals surface area contributed by atoms with Crippen LogP contribution < -0.4 is 0 Å². The number of hydrogen-bond acceptors (Lipinski definition) is 2. The minimum absolute atomic E-state index is 0.261. The second kappa shape index (κ2) is 8.70. The first kappa shape index (κ1) is 16.7. The summed E-state index contributed by atoms with van der Waals surface area (Å²) >= 11 is 3.40. The first-order valence-corrected chi connectivity index (χ1v) is 8.99. The quantitative estimate of drug-likeness (QED) is 0.677. The number of carbonyl (C=O) groups excluding carboxylic acids is 1. The van der Waals surface area contributed by atoms with Gasteiger partial charge in [-0.3, -0.25) is 4.79 Å². The largest absolute Gasteiger partial charge is 0.303 e. The Balaban J connectivity index is 1.77. The van der Waals surface area contributed by atoms with Crippen LogP contribution in [0.1, 0.15) is 55.8 Å². The molecule has 21 heavy (non-hydrogen) atoms. The zero-order valence-corrected chi connectivity index (χ0v) is 14.6. The average Bonchev–Trinajstić information content (AvgIpc) is 2.71. The van der Waals surface area contributed by atoms with E-state index in [2.05, 4.69) is 27.8 Å². The lowest BCUT2D eigenvalue weighted by molar-refractivity contribution is 0.0964. The van der Waals surface area contributed by atoms with Crippen LogP contribution in [0, 0.1) is 5.92 Å². The summed E-state index contributed by atoms with van der Waals surface area (Å²) in [5, 5.41) is 0. The summed E-state index contributed by atoms with van der Waals surface area (Å²) in [7, 11) is 0. The van der Waals surface area contributed by atoms with Crippen molar-refractivity contribution in [1.29, 1.82) is 0 Å². The van der Waals surface area contributed by atoms with Crippen LogP contribution in [0.4, 0.5) is 0 Å². The van der Waals surface area contributed by atoms with Crippen LogP contribution in [-0.2, 0) is 0 Å². The Hall–Kier alpha value is -0.670. The molecule has 0 amide bonds. The summed E-state index contributed by atoms with van der Waals surface area (Å²) in [6, 6.07) is 7.70. The zero-order valence-electron chi connectivity index (χ0n) is 13.0. The van der Waals surface area contributed by atoms with Gasteiger partial charge in [-0.25, -0.2) is 0 Å². The lowest BCUT2D eigenvalue weighted by atomic mass is 9.96. The van der Waals surface area contributed by atoms with Crippen molar-refractivity contribution in [3.63, 3.8) is 0 Å². The van der Waals surface area contributed by atoms with Gasteiger partial charge in [0.1, 0.15) is 0 Å². The van der Waals surface area contributed by atoms with Gasteiger partial charge in [-0.15, -0.1) is 0 Å². The minimum Gasteiger partial charge on any atom is -0.303 e. The smallest absolute Gasteiger partial charge is 0.164 e. The molecule has 0 aliphatic carbocycles. The van der Waals surface area contributed by atoms with Crippen molar-refractivity contribution in [2.75, 3.05) is 19.6 Å². The number of Topliss-reactive ketones (excluding diaryl/α,β-unsaturated/α-hetero) is 1. The van der Waals surface area contributed by atoms with Gasteiger partial charge in [-0.2, -0.15) is 0 Å². The van der Waals surface area contributed by atoms with Gasteiger partial charge in [-0.1, -0.05) is 47.8 Å². The second-order valence-corrected chi connectivity index (χ2v) is 7.02. The Morgan fingerprint density at radius 2 is 2.00 bits per heavy atom. The number of carbonyl (C=O) groups is 1. The Bertz CT molecular complexity index is 443. The molecule has 1 fully saturated rings. The van der Waals surface area contributed by atoms with Crippen LogP contribution >= 0.6 is 15.9 Å². The Kier molecular flexibility index (Phi) is 6.91. The number of benzene rings is 1. The van der Waals surface area contributed by atoms with Crippen LogP contribution in [0.3, 0.4) is 0 Å². The van der Waals surface area contributed by atoms with Gasteiger partial charge in [0.05, 0.1) is 0 Å². The fourth-order valence-corrected chi connectivity index (χ4v) is 3.45. The summed E-state index contributed by atoms with van der Waals surface area (Å²) in [6.45, 7) is 5.51. The average molecular weight is 352 g/mol. The molecule has 1 aromatic carbocycles. The number of ketones is 1. The van der Waals surface area contributed by atoms with Gasteiger partial charge in [0.25, 0.3) is 0 Å². The van der Waals surface area contributed by atoms with Crippen molar-refractivity contribution < 1.29 is 4.79 Å². The molecular formula is C18H26BrNO. The third-order valence-corrected chi connectivity index (χ3v) is 4.99. The van der Waals surface area contributed by atoms with Crippen LogP contribution in [0.2, 0.25) is 0 Å². The van der Waals surface area contributed by atoms with Crippen molar-refractivity contribution in [1.82, 2.24) is 4.90 Å². The normalized spacial score (nSPS) is 20.2. The third-order valence-electron chi connectivity index (χ3n) is 4.46. The van der Waals surface area contributed by atoms with E-state index in [1.807, 2.05) is 24.3 Å². The first-order chi connectivity index (χ1) is 10.2. The molecule has 0 aromatic heterocycles. The maximum atomic E-state index is 12.2. The lowest BCUT2D eigenvalue weighted by Gasteiger charge is -2.19. The molecule has 2 nitrogen and oxygen atoms in total. The van der Waals surface area contributed by atoms with E-state index < -0.39 is 0 Å². The molecule has 1 aliphatic heterocycles. The van der Waals surface area contributed by atoms with Crippen LogP contribution in [0.15, 0.2) is 28.7 Å². The minimum atomic E-state index is 0.261. The highest BCUT2D eigenvalue weighted by atomic mass is 79.9. The van der Waals surface area contributed by atoms with Gasteiger partial charge < -0.3 is 4.90 Å². The van der Waals surface area contributed by atoms with E-state index in [1.165, 1.54) is 32.1 Å². The molecule has 2 rings (SSSR count). The van der Waals surface area contributed by atoms with Crippen LogP contribution in [0.5, 0.6) is 0 Å². The van der Waals surface area contributed by atoms with E-state index in [4.69, 9.17) is 0 Å². The van der Waals surface area contributed by atoms with Crippen molar-refractivity contribution >= 4 is 21.7 Å². The summed E-state index contributed by atoms with van der Waals surface area (Å²) in [5.41, 5.74) is 0.830. The molecule has 3 heteroatoms. The molecular weight excluding hydrogens is 326 g/mol. The molecule has 1 unspecified atom stereocenters. The van der Waals surface area contributed by atoms with Crippen molar-refractivity contribution in [3.8, 4) is 0 Å². The van der Waals surface area contributed by atoms with Gasteiger partial charge >= 0.3 is 0 Å². The highest BCUT2D eigenvalue weighted by Crippen LogP contribution is 2.22. The molecule has 1 atom stereocenters. The molecule has 1 aromatic rings. The monoisotopic (exact) mass is 351 g/mol. The maximum Gasteiger partial charge on any atom is 0.164 e. The van der Waals surface area contributed by atoms with Crippen LogP contribution in [0.25, 0.3) is 0 Å². The van der Waals surface area contributed by atoms with Gasteiger partial charge in [0.2, 0.25) is 0 Å². The Morgan fingerprint density at radius 1 is 1.24 bits per heavy atom. The van der Waals surface area contributed by atoms with Gasteiger partial charge in [0.15, 0.2) is 5.78 Å². The predicted molar refractivity (Wildman–Crippen MR) is 91.8 cm³/mol. The van der Waals surface area contributed by atoms with Crippen molar-refractivity contribution in [2.45, 2.75) is 45.4 Å². The summed E-state index contributed by atoms with van der Waals surface area (Å²) in [5.74, 6) is 1.17. The lowest BCUT2D eigenvalue weighted by Crippen LogP contribution is -2.27. The molecule has 0 bridgehead atoms. The molecule has 116 valence electrons. The highest BCUT2D eigenvalue weighted by Gasteiger charge is 2.17. The van der Waals surface area contributed by atoms with Crippen LogP contribution in [-0.4, -0.2) is 30.3 Å². The van der Waals surface area contributed by atoms with E-state index in [-0.39, 0.29) is 5.78 Å². The molecule has 1 aliphatic rings. The molecule has 1 heterocycles. The fourth-order valence-electron chi connectivity index (χ4n) is 3.19. The molecule has 0 saturated carbocycles. The Labute approximate surface area is 137 Å². The highest BCUT2D eigenvalue weighted by molar-refractivity contribution is 9.10. The standard InChI is InChI=1S/C18H26BrNO/c1-2-4-15-5-3-12-20(13-10-15)14-11-18(21)16-6-8-17(19)9-7-16/h6-9,15H,2-5,10-14H2,1H3. The number of nitrogens with zero attached hydrogens (tertiary/aromatic N) is 1. The summed E-state index contributed by atoms with van der Waals surface area (Å²) in [4.78, 5) is 14.7. The number of hydrogen-bond donors (Lipinski definition) is 0. The van der Waals surface area contributed by atoms with Gasteiger partial charge in [0, 0.05) is 23.0 Å². The summed E-state index contributed by atoms with van der Waals surface area (Å²) < 4.78 is 1.02. The fraction of sp³-hybridized carbons (Fsp3) is 0.611.